The highest BCUT2D eigenvalue weighted by Gasteiger charge is 2.38. The number of carbonyl (C=O) groups is 2. The van der Waals surface area contributed by atoms with Gasteiger partial charge in [0.2, 0.25) is 11.8 Å². The van der Waals surface area contributed by atoms with Gasteiger partial charge in [-0.25, -0.2) is 4.98 Å². The van der Waals surface area contributed by atoms with Gasteiger partial charge in [-0.2, -0.15) is 5.26 Å². The van der Waals surface area contributed by atoms with E-state index in [1.807, 2.05) is 24.8 Å². The molecular weight excluding hydrogens is 318 g/mol. The van der Waals surface area contributed by atoms with Crippen molar-refractivity contribution in [3.05, 3.63) is 23.9 Å². The molecule has 1 atom stereocenters. The standard InChI is InChI=1S/C18H23N5O2/c1-13(2)23-12-15(9-17(23)24)18(25)22-7-5-21(6-8-22)16-4-3-14(10-19)11-20-16/h3-4,11,13,15H,5-9,12H2,1-2H3. The number of aromatic nitrogens is 1. The van der Waals surface area contributed by atoms with Gasteiger partial charge in [0.25, 0.3) is 0 Å². The van der Waals surface area contributed by atoms with E-state index in [0.717, 1.165) is 5.82 Å². The van der Waals surface area contributed by atoms with E-state index in [2.05, 4.69) is 16.0 Å². The van der Waals surface area contributed by atoms with Crippen molar-refractivity contribution in [2.45, 2.75) is 26.3 Å². The van der Waals surface area contributed by atoms with Crippen LogP contribution in [-0.4, -0.2) is 65.4 Å². The van der Waals surface area contributed by atoms with E-state index in [1.165, 1.54) is 0 Å². The minimum atomic E-state index is -0.213. The summed E-state index contributed by atoms with van der Waals surface area (Å²) >= 11 is 0. The first kappa shape index (κ1) is 17.2. The van der Waals surface area contributed by atoms with Crippen molar-refractivity contribution in [2.24, 2.45) is 5.92 Å². The van der Waals surface area contributed by atoms with Crippen LogP contribution in [0.1, 0.15) is 25.8 Å². The summed E-state index contributed by atoms with van der Waals surface area (Å²) in [6, 6.07) is 5.80. The molecule has 3 heterocycles. The molecule has 2 amide bonds. The predicted octanol–water partition coefficient (Wildman–Crippen LogP) is 0.859. The van der Waals surface area contributed by atoms with Crippen LogP contribution in [0.2, 0.25) is 0 Å². The molecule has 2 aliphatic rings. The van der Waals surface area contributed by atoms with E-state index < -0.39 is 0 Å². The molecule has 0 aliphatic carbocycles. The zero-order chi connectivity index (χ0) is 18.0. The fourth-order valence-electron chi connectivity index (χ4n) is 3.45. The van der Waals surface area contributed by atoms with Gasteiger partial charge in [-0.1, -0.05) is 0 Å². The molecule has 2 fully saturated rings. The summed E-state index contributed by atoms with van der Waals surface area (Å²) in [6.07, 6.45) is 1.89. The fraction of sp³-hybridized carbons (Fsp3) is 0.556. The van der Waals surface area contributed by atoms with Crippen LogP contribution in [0.4, 0.5) is 5.82 Å². The largest absolute Gasteiger partial charge is 0.353 e. The maximum absolute atomic E-state index is 12.7. The van der Waals surface area contributed by atoms with E-state index in [1.54, 1.807) is 17.2 Å². The Labute approximate surface area is 147 Å². The molecule has 7 heteroatoms. The number of hydrogen-bond donors (Lipinski definition) is 0. The Balaban J connectivity index is 1.56. The number of amides is 2. The Morgan fingerprint density at radius 2 is 2.00 bits per heavy atom. The molecule has 0 radical (unpaired) electrons. The first-order chi connectivity index (χ1) is 12.0. The molecule has 2 aliphatic heterocycles. The van der Waals surface area contributed by atoms with Crippen molar-refractivity contribution in [3.63, 3.8) is 0 Å². The van der Waals surface area contributed by atoms with E-state index in [4.69, 9.17) is 5.26 Å². The molecule has 0 aromatic carbocycles. The van der Waals surface area contributed by atoms with Gasteiger partial charge < -0.3 is 14.7 Å². The Morgan fingerprint density at radius 3 is 2.52 bits per heavy atom. The average Bonchev–Trinajstić information content (AvgIpc) is 3.03. The quantitative estimate of drug-likeness (QED) is 0.814. The number of anilines is 1. The van der Waals surface area contributed by atoms with Gasteiger partial charge in [0, 0.05) is 51.4 Å². The van der Waals surface area contributed by atoms with Crippen LogP contribution in [0.3, 0.4) is 0 Å². The molecular formula is C18H23N5O2. The minimum Gasteiger partial charge on any atom is -0.353 e. The molecule has 3 rings (SSSR count). The van der Waals surface area contributed by atoms with Gasteiger partial charge in [0.15, 0.2) is 0 Å². The van der Waals surface area contributed by atoms with Gasteiger partial charge in [-0.15, -0.1) is 0 Å². The van der Waals surface area contributed by atoms with Gasteiger partial charge in [-0.3, -0.25) is 9.59 Å². The Morgan fingerprint density at radius 1 is 1.28 bits per heavy atom. The predicted molar refractivity (Wildman–Crippen MR) is 92.7 cm³/mol. The lowest BCUT2D eigenvalue weighted by molar-refractivity contribution is -0.136. The Kier molecular flexibility index (Phi) is 4.88. The van der Waals surface area contributed by atoms with Gasteiger partial charge in [0.1, 0.15) is 11.9 Å². The third kappa shape index (κ3) is 3.58. The van der Waals surface area contributed by atoms with Crippen molar-refractivity contribution in [3.8, 4) is 6.07 Å². The van der Waals surface area contributed by atoms with E-state index in [0.29, 0.717) is 44.7 Å². The lowest BCUT2D eigenvalue weighted by atomic mass is 10.1. The highest BCUT2D eigenvalue weighted by Crippen LogP contribution is 2.23. The van der Waals surface area contributed by atoms with E-state index in [-0.39, 0.29) is 23.8 Å². The second-order valence-corrected chi connectivity index (χ2v) is 6.87. The molecule has 7 nitrogen and oxygen atoms in total. The topological polar surface area (TPSA) is 80.5 Å². The second-order valence-electron chi connectivity index (χ2n) is 6.87. The number of likely N-dealkylation sites (tertiary alicyclic amines) is 1. The third-order valence-corrected chi connectivity index (χ3v) is 4.92. The monoisotopic (exact) mass is 341 g/mol. The number of nitriles is 1. The number of hydrogen-bond acceptors (Lipinski definition) is 5. The molecule has 0 spiro atoms. The molecule has 2 saturated heterocycles. The van der Waals surface area contributed by atoms with E-state index >= 15 is 0 Å². The summed E-state index contributed by atoms with van der Waals surface area (Å²) in [5, 5.41) is 8.83. The molecule has 0 saturated carbocycles. The SMILES string of the molecule is CC(C)N1CC(C(=O)N2CCN(c3ccc(C#N)cn3)CC2)CC1=O. The molecule has 1 aromatic rings. The Bertz CT molecular complexity index is 686. The highest BCUT2D eigenvalue weighted by atomic mass is 16.2. The molecule has 1 unspecified atom stereocenters. The molecule has 132 valence electrons. The second kappa shape index (κ2) is 7.09. The van der Waals surface area contributed by atoms with Crippen molar-refractivity contribution < 1.29 is 9.59 Å². The van der Waals surface area contributed by atoms with E-state index in [9.17, 15) is 9.59 Å². The van der Waals surface area contributed by atoms with Crippen LogP contribution in [0.5, 0.6) is 0 Å². The molecule has 25 heavy (non-hydrogen) atoms. The van der Waals surface area contributed by atoms with Crippen molar-refractivity contribution in [2.75, 3.05) is 37.6 Å². The zero-order valence-electron chi connectivity index (χ0n) is 14.7. The average molecular weight is 341 g/mol. The van der Waals surface area contributed by atoms with Crippen LogP contribution in [-0.2, 0) is 9.59 Å². The van der Waals surface area contributed by atoms with Gasteiger partial charge in [0.05, 0.1) is 11.5 Å². The third-order valence-electron chi connectivity index (χ3n) is 4.92. The summed E-state index contributed by atoms with van der Waals surface area (Å²) in [5.74, 6) is 0.778. The first-order valence-corrected chi connectivity index (χ1v) is 8.69. The number of piperazine rings is 1. The molecule has 0 N–H and O–H groups in total. The van der Waals surface area contributed by atoms with Gasteiger partial charge >= 0.3 is 0 Å². The fourth-order valence-corrected chi connectivity index (χ4v) is 3.45. The summed E-state index contributed by atoms with van der Waals surface area (Å²) in [7, 11) is 0. The smallest absolute Gasteiger partial charge is 0.228 e. The van der Waals surface area contributed by atoms with Crippen molar-refractivity contribution in [1.29, 1.82) is 5.26 Å². The lowest BCUT2D eigenvalue weighted by Gasteiger charge is -2.36. The normalized spacial score (nSPS) is 21.0. The van der Waals surface area contributed by atoms with Crippen LogP contribution >= 0.6 is 0 Å². The maximum atomic E-state index is 12.7. The van der Waals surface area contributed by atoms with Crippen molar-refractivity contribution >= 4 is 17.6 Å². The Hall–Kier alpha value is -2.62. The highest BCUT2D eigenvalue weighted by molar-refractivity contribution is 5.89. The first-order valence-electron chi connectivity index (χ1n) is 8.69. The van der Waals surface area contributed by atoms with Crippen LogP contribution in [0.25, 0.3) is 0 Å². The summed E-state index contributed by atoms with van der Waals surface area (Å²) in [5.41, 5.74) is 0.540. The summed E-state index contributed by atoms with van der Waals surface area (Å²) in [4.78, 5) is 34.8. The summed E-state index contributed by atoms with van der Waals surface area (Å²) < 4.78 is 0. The minimum absolute atomic E-state index is 0.0776. The van der Waals surface area contributed by atoms with Crippen LogP contribution in [0.15, 0.2) is 18.3 Å². The molecule has 1 aromatic heterocycles. The van der Waals surface area contributed by atoms with Crippen LogP contribution in [0, 0.1) is 17.2 Å². The number of carbonyl (C=O) groups excluding carboxylic acids is 2. The van der Waals surface area contributed by atoms with Crippen molar-refractivity contribution in [1.82, 2.24) is 14.8 Å². The lowest BCUT2D eigenvalue weighted by Crippen LogP contribution is -2.51. The maximum Gasteiger partial charge on any atom is 0.228 e. The van der Waals surface area contributed by atoms with Gasteiger partial charge in [-0.05, 0) is 26.0 Å². The number of rotatable bonds is 3. The molecule has 0 bridgehead atoms. The van der Waals surface area contributed by atoms with Crippen LogP contribution < -0.4 is 4.90 Å². The summed E-state index contributed by atoms with van der Waals surface area (Å²) in [6.45, 7) is 7.17. The zero-order valence-corrected chi connectivity index (χ0v) is 14.7. The number of nitrogens with zero attached hydrogens (tertiary/aromatic N) is 5. The number of pyridine rings is 1.